The van der Waals surface area contributed by atoms with Gasteiger partial charge in [0.15, 0.2) is 5.65 Å². The van der Waals surface area contributed by atoms with Crippen molar-refractivity contribution in [3.05, 3.63) is 70.5 Å². The van der Waals surface area contributed by atoms with Gasteiger partial charge in [-0.3, -0.25) is 4.79 Å². The number of nitrogens with two attached hydrogens (primary N) is 1. The molecule has 1 saturated heterocycles. The third kappa shape index (κ3) is 5.09. The van der Waals surface area contributed by atoms with Crippen LogP contribution in [0.1, 0.15) is 40.4 Å². The van der Waals surface area contributed by atoms with Crippen LogP contribution in [0.15, 0.2) is 48.8 Å². The van der Waals surface area contributed by atoms with Crippen LogP contribution in [-0.4, -0.2) is 38.7 Å². The maximum Gasteiger partial charge on any atom is 0.416 e. The molecule has 0 saturated carbocycles. The molecule has 0 aliphatic carbocycles. The summed E-state index contributed by atoms with van der Waals surface area (Å²) in [4.78, 5) is 21.1. The van der Waals surface area contributed by atoms with Crippen LogP contribution in [-0.2, 0) is 12.7 Å². The third-order valence-corrected chi connectivity index (χ3v) is 6.68. The molecule has 1 fully saturated rings. The Morgan fingerprint density at radius 1 is 1.19 bits per heavy atom. The Bertz CT molecular complexity index is 1450. The lowest BCUT2D eigenvalue weighted by Gasteiger charge is -2.23. The van der Waals surface area contributed by atoms with Gasteiger partial charge in [0.1, 0.15) is 17.8 Å². The van der Waals surface area contributed by atoms with E-state index >= 15 is 0 Å². The van der Waals surface area contributed by atoms with Crippen molar-refractivity contribution >= 4 is 34.4 Å². The number of benzene rings is 2. The predicted molar refractivity (Wildman–Crippen MR) is 134 cm³/mol. The quantitative estimate of drug-likeness (QED) is 0.348. The number of rotatable bonds is 5. The van der Waals surface area contributed by atoms with Crippen molar-refractivity contribution in [3.8, 4) is 11.3 Å². The molecule has 2 aromatic carbocycles. The molecule has 0 radical (unpaired) electrons. The van der Waals surface area contributed by atoms with E-state index in [-0.39, 0.29) is 23.2 Å². The number of nitrogens with one attached hydrogen (secondary N) is 2. The average Bonchev–Trinajstić information content (AvgIpc) is 3.29. The number of hydrogen-bond acceptors (Lipinski definition) is 6. The molecular formula is C25H23ClF3N7O. The van der Waals surface area contributed by atoms with Crippen molar-refractivity contribution in [3.63, 3.8) is 0 Å². The highest BCUT2D eigenvalue weighted by Crippen LogP contribution is 2.34. The fraction of sp³-hybridized carbons (Fsp3) is 0.280. The minimum atomic E-state index is -4.57. The lowest BCUT2D eigenvalue weighted by atomic mass is 10.1. The maximum atomic E-state index is 13.0. The zero-order chi connectivity index (χ0) is 26.2. The lowest BCUT2D eigenvalue weighted by Crippen LogP contribution is -2.32. The summed E-state index contributed by atoms with van der Waals surface area (Å²) in [6.07, 6.45) is -1.14. The van der Waals surface area contributed by atoms with Crippen molar-refractivity contribution in [2.75, 3.05) is 18.8 Å². The topological polar surface area (TPSA) is 111 Å². The second kappa shape index (κ2) is 9.98. The minimum Gasteiger partial charge on any atom is -0.383 e. The summed E-state index contributed by atoms with van der Waals surface area (Å²) < 4.78 is 41.0. The van der Waals surface area contributed by atoms with Crippen LogP contribution in [0, 0.1) is 0 Å². The minimum absolute atomic E-state index is 0.0590. The summed E-state index contributed by atoms with van der Waals surface area (Å²) in [5.74, 6) is -0.361. The second-order valence-corrected chi connectivity index (χ2v) is 9.23. The summed E-state index contributed by atoms with van der Waals surface area (Å²) >= 11 is 5.97. The van der Waals surface area contributed by atoms with Gasteiger partial charge in [-0.15, -0.1) is 0 Å². The molecule has 3 heterocycles. The molecule has 1 atom stereocenters. The van der Waals surface area contributed by atoms with Crippen LogP contribution in [0.5, 0.6) is 0 Å². The highest BCUT2D eigenvalue weighted by atomic mass is 35.5. The van der Waals surface area contributed by atoms with E-state index in [2.05, 4.69) is 20.6 Å². The molecule has 8 nitrogen and oxygen atoms in total. The smallest absolute Gasteiger partial charge is 0.383 e. The number of fused-ring (bicyclic) bond motifs is 1. The number of nitrogens with zero attached hydrogens (tertiary/aromatic N) is 4. The summed E-state index contributed by atoms with van der Waals surface area (Å²) in [5, 5.41) is 11.5. The summed E-state index contributed by atoms with van der Waals surface area (Å²) in [5.41, 5.74) is 7.89. The van der Waals surface area contributed by atoms with Gasteiger partial charge >= 0.3 is 6.18 Å². The fourth-order valence-electron chi connectivity index (χ4n) is 4.43. The van der Waals surface area contributed by atoms with Crippen molar-refractivity contribution in [2.24, 2.45) is 0 Å². The number of carbonyl (C=O) groups excluding carboxylic acids is 1. The molecule has 0 spiro atoms. The molecule has 1 aliphatic heterocycles. The number of piperidine rings is 1. The van der Waals surface area contributed by atoms with Crippen molar-refractivity contribution < 1.29 is 18.0 Å². The highest BCUT2D eigenvalue weighted by Gasteiger charge is 2.31. The number of halogens is 4. The monoisotopic (exact) mass is 529 g/mol. The highest BCUT2D eigenvalue weighted by molar-refractivity contribution is 6.33. The van der Waals surface area contributed by atoms with Gasteiger partial charge < -0.3 is 16.4 Å². The van der Waals surface area contributed by atoms with Gasteiger partial charge in [-0.2, -0.15) is 18.3 Å². The standard InChI is InChI=1S/C25H23ClF3N7O/c26-19-8-7-16(25(27,28)29)10-18(19)24(37)32-11-14-3-5-15(6-4-14)21-20-22(30)33-13-34-23(20)36(35-21)17-2-1-9-31-12-17/h3-8,10,13,17,31H,1-2,9,11-12H2,(H,32,37)(H2,30,33,34)/t17-/m1/s1. The van der Waals surface area contributed by atoms with E-state index in [9.17, 15) is 18.0 Å². The maximum absolute atomic E-state index is 13.0. The molecule has 4 N–H and O–H groups in total. The first-order chi connectivity index (χ1) is 17.7. The Morgan fingerprint density at radius 3 is 2.68 bits per heavy atom. The van der Waals surface area contributed by atoms with Crippen molar-refractivity contribution in [1.29, 1.82) is 0 Å². The summed E-state index contributed by atoms with van der Waals surface area (Å²) in [6.45, 7) is 1.85. The SMILES string of the molecule is Nc1ncnc2c1c(-c1ccc(CNC(=O)c3cc(C(F)(F)F)ccc3Cl)cc1)nn2[C@@H]1CCCNC1. The Kier molecular flexibility index (Phi) is 6.74. The van der Waals surface area contributed by atoms with Gasteiger partial charge in [0, 0.05) is 18.7 Å². The molecule has 37 heavy (non-hydrogen) atoms. The Labute approximate surface area is 215 Å². The number of hydrogen-bond donors (Lipinski definition) is 3. The number of nitrogen functional groups attached to an aromatic ring is 1. The van der Waals surface area contributed by atoms with Crippen molar-refractivity contribution in [1.82, 2.24) is 30.4 Å². The van der Waals surface area contributed by atoms with Crippen LogP contribution in [0.25, 0.3) is 22.3 Å². The number of carbonyl (C=O) groups is 1. The molecule has 1 aliphatic rings. The van der Waals surface area contributed by atoms with Gasteiger partial charge in [0.05, 0.1) is 27.6 Å². The largest absolute Gasteiger partial charge is 0.416 e. The van der Waals surface area contributed by atoms with E-state index in [0.717, 1.165) is 55.3 Å². The molecule has 1 amide bonds. The Morgan fingerprint density at radius 2 is 1.97 bits per heavy atom. The number of alkyl halides is 3. The lowest BCUT2D eigenvalue weighted by molar-refractivity contribution is -0.137. The van der Waals surface area contributed by atoms with E-state index in [1.165, 1.54) is 6.33 Å². The second-order valence-electron chi connectivity index (χ2n) is 8.82. The first-order valence-electron chi connectivity index (χ1n) is 11.7. The Balaban J connectivity index is 1.36. The van der Waals surface area contributed by atoms with E-state index in [1.807, 2.05) is 16.8 Å². The van der Waals surface area contributed by atoms with E-state index < -0.39 is 17.6 Å². The van der Waals surface area contributed by atoms with Gasteiger partial charge in [-0.1, -0.05) is 35.9 Å². The number of amides is 1. The van der Waals surface area contributed by atoms with Crippen molar-refractivity contribution in [2.45, 2.75) is 31.6 Å². The molecule has 0 bridgehead atoms. The van der Waals surface area contributed by atoms with Crippen LogP contribution < -0.4 is 16.4 Å². The molecular weight excluding hydrogens is 507 g/mol. The number of aromatic nitrogens is 4. The van der Waals surface area contributed by atoms with Gasteiger partial charge in [0.25, 0.3) is 5.91 Å². The molecule has 192 valence electrons. The normalized spacial score (nSPS) is 16.2. The van der Waals surface area contributed by atoms with Gasteiger partial charge in [0.2, 0.25) is 0 Å². The molecule has 4 aromatic rings. The average molecular weight is 530 g/mol. The first-order valence-corrected chi connectivity index (χ1v) is 12.0. The van der Waals surface area contributed by atoms with E-state index in [1.54, 1.807) is 12.1 Å². The number of anilines is 1. The van der Waals surface area contributed by atoms with E-state index in [0.29, 0.717) is 22.5 Å². The predicted octanol–water partition coefficient (Wildman–Crippen LogP) is 4.60. The molecule has 0 unspecified atom stereocenters. The van der Waals surface area contributed by atoms with Crippen LogP contribution in [0.2, 0.25) is 5.02 Å². The van der Waals surface area contributed by atoms with Crippen LogP contribution >= 0.6 is 11.6 Å². The zero-order valence-corrected chi connectivity index (χ0v) is 20.3. The molecule has 12 heteroatoms. The zero-order valence-electron chi connectivity index (χ0n) is 19.5. The van der Waals surface area contributed by atoms with Crippen LogP contribution in [0.4, 0.5) is 19.0 Å². The third-order valence-electron chi connectivity index (χ3n) is 6.35. The van der Waals surface area contributed by atoms with Gasteiger partial charge in [-0.05, 0) is 43.1 Å². The first kappa shape index (κ1) is 25.0. The summed E-state index contributed by atoms with van der Waals surface area (Å²) in [6, 6.07) is 10.1. The van der Waals surface area contributed by atoms with Gasteiger partial charge in [-0.25, -0.2) is 14.6 Å². The Hall–Kier alpha value is -3.70. The fourth-order valence-corrected chi connectivity index (χ4v) is 4.63. The summed E-state index contributed by atoms with van der Waals surface area (Å²) in [7, 11) is 0. The molecule has 2 aromatic heterocycles. The van der Waals surface area contributed by atoms with E-state index in [4.69, 9.17) is 22.4 Å². The van der Waals surface area contributed by atoms with Crippen LogP contribution in [0.3, 0.4) is 0 Å². The molecule has 5 rings (SSSR count).